The Balaban J connectivity index is -0.0000000955. The summed E-state index contributed by atoms with van der Waals surface area (Å²) in [5.74, 6) is -2.76. The van der Waals surface area contributed by atoms with Gasteiger partial charge < -0.3 is 15.5 Å². The number of hydrogen-bond acceptors (Lipinski definition) is 3. The first kappa shape index (κ1) is 28.4. The zero-order valence-corrected chi connectivity index (χ0v) is 13.9. The van der Waals surface area contributed by atoms with E-state index in [1.807, 2.05) is 0 Å². The Kier molecular flexibility index (Phi) is 32.7. The Morgan fingerprint density at radius 2 is 1.19 bits per heavy atom. The smallest absolute Gasteiger partial charge is 0.475 e. The second kappa shape index (κ2) is 24.2. The Labute approximate surface area is 126 Å². The minimum Gasteiger partial charge on any atom is -0.475 e. The zero-order valence-electron chi connectivity index (χ0n) is 13.9. The lowest BCUT2D eigenvalue weighted by Gasteiger charge is -1.93. The lowest BCUT2D eigenvalue weighted by molar-refractivity contribution is -0.192. The first-order valence-corrected chi connectivity index (χ1v) is 7.30. The van der Waals surface area contributed by atoms with Crippen molar-refractivity contribution in [1.29, 1.82) is 0 Å². The van der Waals surface area contributed by atoms with Crippen molar-refractivity contribution < 1.29 is 28.2 Å². The molecule has 0 fully saturated rings. The van der Waals surface area contributed by atoms with Gasteiger partial charge in [-0.05, 0) is 20.0 Å². The van der Waals surface area contributed by atoms with Gasteiger partial charge in [0.05, 0.1) is 0 Å². The van der Waals surface area contributed by atoms with Crippen molar-refractivity contribution in [2.45, 2.75) is 66.5 Å². The number of halogens is 3. The fourth-order valence-corrected chi connectivity index (χ4v) is 0.750. The first-order valence-electron chi connectivity index (χ1n) is 7.30. The van der Waals surface area contributed by atoms with Crippen molar-refractivity contribution in [1.82, 2.24) is 5.32 Å². The van der Waals surface area contributed by atoms with Crippen molar-refractivity contribution >= 4 is 5.97 Å². The van der Waals surface area contributed by atoms with Gasteiger partial charge in [0.25, 0.3) is 0 Å². The van der Waals surface area contributed by atoms with E-state index in [9.17, 15) is 13.2 Å². The van der Waals surface area contributed by atoms with Gasteiger partial charge in [0.15, 0.2) is 0 Å². The normalized spacial score (nSPS) is 9.19. The molecule has 3 N–H and O–H groups in total. The quantitative estimate of drug-likeness (QED) is 0.674. The molecule has 0 aromatic carbocycles. The van der Waals surface area contributed by atoms with Crippen LogP contribution >= 0.6 is 0 Å². The summed E-state index contributed by atoms with van der Waals surface area (Å²) < 4.78 is 31.7. The van der Waals surface area contributed by atoms with E-state index in [1.54, 1.807) is 6.92 Å². The highest BCUT2D eigenvalue weighted by Crippen LogP contribution is 2.13. The number of aliphatic carboxylic acids is 1. The number of aliphatic hydroxyl groups is 1. The van der Waals surface area contributed by atoms with Gasteiger partial charge in [-0.2, -0.15) is 13.2 Å². The van der Waals surface area contributed by atoms with E-state index in [4.69, 9.17) is 15.0 Å². The molecule has 132 valence electrons. The Hall–Kier alpha value is -0.820. The molecule has 4 nitrogen and oxygen atoms in total. The number of nitrogens with one attached hydrogen (secondary N) is 1. The third-order valence-electron chi connectivity index (χ3n) is 1.70. The third-order valence-corrected chi connectivity index (χ3v) is 1.70. The number of alkyl halides is 3. The van der Waals surface area contributed by atoms with E-state index in [2.05, 4.69) is 33.0 Å². The van der Waals surface area contributed by atoms with E-state index in [0.29, 0.717) is 0 Å². The van der Waals surface area contributed by atoms with Crippen LogP contribution in [0, 0.1) is 0 Å². The van der Waals surface area contributed by atoms with E-state index >= 15 is 0 Å². The summed E-state index contributed by atoms with van der Waals surface area (Å²) in [4.78, 5) is 8.90. The Morgan fingerprint density at radius 3 is 1.24 bits per heavy atom. The van der Waals surface area contributed by atoms with Crippen molar-refractivity contribution in [2.75, 3.05) is 19.7 Å². The second-order valence-electron chi connectivity index (χ2n) is 3.78. The van der Waals surface area contributed by atoms with Gasteiger partial charge in [-0.1, -0.05) is 53.4 Å². The molecule has 0 aliphatic heterocycles. The molecule has 0 aliphatic carbocycles. The maximum Gasteiger partial charge on any atom is 0.490 e. The molecule has 0 amide bonds. The van der Waals surface area contributed by atoms with Crippen LogP contribution in [0.5, 0.6) is 0 Å². The number of carboxylic acids is 1. The van der Waals surface area contributed by atoms with Crippen LogP contribution in [0.15, 0.2) is 0 Å². The monoisotopic (exact) mass is 319 g/mol. The Bertz CT molecular complexity index is 183. The second-order valence-corrected chi connectivity index (χ2v) is 3.78. The highest BCUT2D eigenvalue weighted by Gasteiger charge is 2.38. The first-order chi connectivity index (χ1) is 9.69. The van der Waals surface area contributed by atoms with Gasteiger partial charge in [0, 0.05) is 6.61 Å². The number of rotatable bonds is 5. The molecule has 0 aromatic rings. The number of hydrogen-bond donors (Lipinski definition) is 3. The molecule has 0 unspecified atom stereocenters. The summed E-state index contributed by atoms with van der Waals surface area (Å²) >= 11 is 0. The van der Waals surface area contributed by atoms with Crippen molar-refractivity contribution in [3.63, 3.8) is 0 Å². The lowest BCUT2D eigenvalue weighted by Crippen LogP contribution is -2.21. The van der Waals surface area contributed by atoms with E-state index < -0.39 is 12.1 Å². The van der Waals surface area contributed by atoms with Crippen LogP contribution < -0.4 is 5.32 Å². The highest BCUT2D eigenvalue weighted by atomic mass is 19.4. The molecular weight excluding hydrogens is 287 g/mol. The van der Waals surface area contributed by atoms with E-state index in [-0.39, 0.29) is 6.61 Å². The summed E-state index contributed by atoms with van der Waals surface area (Å²) in [6, 6.07) is 0. The molecule has 21 heavy (non-hydrogen) atoms. The summed E-state index contributed by atoms with van der Waals surface area (Å²) in [7, 11) is 0. The standard InChI is InChI=1S/C6H14.C4H11N.C2HF3O2.C2H6O/c1-3-5-6-4-2;1-3-5-4-2;3-2(4,5)1(6)7;1-2-3/h3-6H2,1-2H3;5H,3-4H2,1-2H3;(H,6,7);3H,2H2,1H3. The largest absolute Gasteiger partial charge is 0.490 e. The van der Waals surface area contributed by atoms with Crippen molar-refractivity contribution in [3.05, 3.63) is 0 Å². The fraction of sp³-hybridized carbons (Fsp3) is 0.929. The minimum absolute atomic E-state index is 0.250. The molecule has 0 rings (SSSR count). The minimum atomic E-state index is -5.08. The molecule has 0 atom stereocenters. The van der Waals surface area contributed by atoms with Crippen LogP contribution in [0.2, 0.25) is 0 Å². The number of carbonyl (C=O) groups is 1. The van der Waals surface area contributed by atoms with Crippen LogP contribution in [0.25, 0.3) is 0 Å². The van der Waals surface area contributed by atoms with Gasteiger partial charge in [0.2, 0.25) is 0 Å². The average molecular weight is 319 g/mol. The summed E-state index contributed by atoms with van der Waals surface area (Å²) in [6.45, 7) is 12.8. The molecule has 0 spiro atoms. The SMILES string of the molecule is CCCCCC.CCNCC.CCO.O=C(O)C(F)(F)F. The van der Waals surface area contributed by atoms with Gasteiger partial charge in [-0.3, -0.25) is 0 Å². The predicted molar refractivity (Wildman–Crippen MR) is 80.5 cm³/mol. The lowest BCUT2D eigenvalue weighted by atomic mass is 10.2. The number of unbranched alkanes of at least 4 members (excludes halogenated alkanes) is 3. The maximum absolute atomic E-state index is 10.6. The topological polar surface area (TPSA) is 69.6 Å². The van der Waals surface area contributed by atoms with Gasteiger partial charge in [0.1, 0.15) is 0 Å². The summed E-state index contributed by atoms with van der Waals surface area (Å²) in [5, 5.41) is 17.8. The predicted octanol–water partition coefficient (Wildman–Crippen LogP) is 3.83. The highest BCUT2D eigenvalue weighted by molar-refractivity contribution is 5.73. The zero-order chi connectivity index (χ0) is 17.7. The average Bonchev–Trinajstić information content (AvgIpc) is 2.38. The maximum atomic E-state index is 10.6. The van der Waals surface area contributed by atoms with E-state index in [1.165, 1.54) is 25.7 Å². The third kappa shape index (κ3) is 54.6. The molecule has 0 aromatic heterocycles. The molecular formula is C14H32F3NO3. The van der Waals surface area contributed by atoms with Crippen molar-refractivity contribution in [2.24, 2.45) is 0 Å². The van der Waals surface area contributed by atoms with Crippen LogP contribution in [0.3, 0.4) is 0 Å². The van der Waals surface area contributed by atoms with Crippen LogP contribution in [0.4, 0.5) is 13.2 Å². The fourth-order valence-electron chi connectivity index (χ4n) is 0.750. The van der Waals surface area contributed by atoms with Crippen LogP contribution in [-0.4, -0.2) is 42.1 Å². The van der Waals surface area contributed by atoms with E-state index in [0.717, 1.165) is 13.1 Å². The van der Waals surface area contributed by atoms with Crippen LogP contribution in [0.1, 0.15) is 60.3 Å². The summed E-state index contributed by atoms with van der Waals surface area (Å²) in [6.07, 6.45) is 0.453. The van der Waals surface area contributed by atoms with Crippen molar-refractivity contribution in [3.8, 4) is 0 Å². The molecule has 0 saturated carbocycles. The van der Waals surface area contributed by atoms with Gasteiger partial charge >= 0.3 is 12.1 Å². The molecule has 0 radical (unpaired) electrons. The van der Waals surface area contributed by atoms with Gasteiger partial charge in [-0.15, -0.1) is 0 Å². The molecule has 0 aliphatic rings. The molecule has 0 bridgehead atoms. The van der Waals surface area contributed by atoms with Gasteiger partial charge in [-0.25, -0.2) is 4.79 Å². The number of carboxylic acid groups (broad SMARTS) is 1. The Morgan fingerprint density at radius 1 is 0.952 bits per heavy atom. The molecule has 0 saturated heterocycles. The molecule has 7 heteroatoms. The number of aliphatic hydroxyl groups excluding tert-OH is 1. The van der Waals surface area contributed by atoms with Crippen LogP contribution in [-0.2, 0) is 4.79 Å². The summed E-state index contributed by atoms with van der Waals surface area (Å²) in [5.41, 5.74) is 0. The molecule has 0 heterocycles.